The molecular formula is C12H12Cl3N3. The molecule has 0 amide bonds. The van der Waals surface area contributed by atoms with E-state index in [0.29, 0.717) is 15.1 Å². The summed E-state index contributed by atoms with van der Waals surface area (Å²) in [6.45, 7) is 0. The zero-order valence-electron chi connectivity index (χ0n) is 9.92. The van der Waals surface area contributed by atoms with Crippen LogP contribution in [0, 0.1) is 0 Å². The van der Waals surface area contributed by atoms with E-state index < -0.39 is 0 Å². The molecule has 1 atom stereocenters. The maximum Gasteiger partial charge on any atom is 0.0837 e. The number of aromatic nitrogens is 2. The fourth-order valence-electron chi connectivity index (χ4n) is 1.92. The number of hydrogen-bond acceptors (Lipinski definition) is 2. The van der Waals surface area contributed by atoms with Crippen LogP contribution >= 0.6 is 34.8 Å². The minimum absolute atomic E-state index is 0.130. The molecule has 1 N–H and O–H groups in total. The molecule has 6 heteroatoms. The van der Waals surface area contributed by atoms with E-state index >= 15 is 0 Å². The monoisotopic (exact) mass is 303 g/mol. The van der Waals surface area contributed by atoms with Crippen molar-refractivity contribution in [3.05, 3.63) is 50.7 Å². The van der Waals surface area contributed by atoms with Crippen LogP contribution in [0.5, 0.6) is 0 Å². The highest BCUT2D eigenvalue weighted by atomic mass is 35.5. The Morgan fingerprint density at radius 1 is 1.22 bits per heavy atom. The first-order chi connectivity index (χ1) is 8.54. The number of benzene rings is 1. The standard InChI is InChI=1S/C12H12Cl3N3/c1-16-11(12-10(15)6-17-18(12)2)8-4-3-7(13)5-9(8)14/h3-6,11,16H,1-2H3. The number of halogens is 3. The lowest BCUT2D eigenvalue weighted by atomic mass is 10.0. The molecule has 0 radical (unpaired) electrons. The van der Waals surface area contributed by atoms with Crippen LogP contribution in [-0.2, 0) is 7.05 Å². The molecule has 0 bridgehead atoms. The van der Waals surface area contributed by atoms with Gasteiger partial charge in [-0.05, 0) is 24.7 Å². The highest BCUT2D eigenvalue weighted by Crippen LogP contribution is 2.33. The maximum atomic E-state index is 6.23. The van der Waals surface area contributed by atoms with Gasteiger partial charge in [0.15, 0.2) is 0 Å². The molecule has 1 heterocycles. The van der Waals surface area contributed by atoms with Gasteiger partial charge >= 0.3 is 0 Å². The molecule has 0 aliphatic heterocycles. The van der Waals surface area contributed by atoms with Gasteiger partial charge in [-0.3, -0.25) is 4.68 Å². The van der Waals surface area contributed by atoms with Gasteiger partial charge < -0.3 is 5.32 Å². The third kappa shape index (κ3) is 2.50. The van der Waals surface area contributed by atoms with E-state index in [1.165, 1.54) is 0 Å². The van der Waals surface area contributed by atoms with Crippen LogP contribution in [-0.4, -0.2) is 16.8 Å². The molecule has 18 heavy (non-hydrogen) atoms. The molecule has 0 aliphatic rings. The first kappa shape index (κ1) is 13.7. The van der Waals surface area contributed by atoms with Gasteiger partial charge in [0.2, 0.25) is 0 Å². The van der Waals surface area contributed by atoms with E-state index in [1.807, 2.05) is 20.2 Å². The number of nitrogens with one attached hydrogen (secondary N) is 1. The van der Waals surface area contributed by atoms with Crippen molar-refractivity contribution in [1.82, 2.24) is 15.1 Å². The minimum Gasteiger partial charge on any atom is -0.308 e. The minimum atomic E-state index is -0.130. The van der Waals surface area contributed by atoms with Crippen molar-refractivity contribution in [2.75, 3.05) is 7.05 Å². The molecule has 1 aromatic carbocycles. The highest BCUT2D eigenvalue weighted by Gasteiger charge is 2.21. The number of hydrogen-bond donors (Lipinski definition) is 1. The fraction of sp³-hybridized carbons (Fsp3) is 0.250. The number of aryl methyl sites for hydroxylation is 1. The summed E-state index contributed by atoms with van der Waals surface area (Å²) in [4.78, 5) is 0. The second-order valence-electron chi connectivity index (χ2n) is 3.89. The first-order valence-electron chi connectivity index (χ1n) is 5.34. The molecule has 3 nitrogen and oxygen atoms in total. The van der Waals surface area contributed by atoms with Crippen molar-refractivity contribution in [2.45, 2.75) is 6.04 Å². The first-order valence-corrected chi connectivity index (χ1v) is 6.47. The van der Waals surface area contributed by atoms with E-state index in [1.54, 1.807) is 23.0 Å². The average molecular weight is 305 g/mol. The van der Waals surface area contributed by atoms with Crippen LogP contribution in [0.3, 0.4) is 0 Å². The van der Waals surface area contributed by atoms with Crippen molar-refractivity contribution in [2.24, 2.45) is 7.05 Å². The summed E-state index contributed by atoms with van der Waals surface area (Å²) >= 11 is 18.3. The summed E-state index contributed by atoms with van der Waals surface area (Å²) in [6.07, 6.45) is 1.62. The Morgan fingerprint density at radius 3 is 2.44 bits per heavy atom. The summed E-state index contributed by atoms with van der Waals surface area (Å²) in [6, 6.07) is 5.27. The normalized spacial score (nSPS) is 12.7. The van der Waals surface area contributed by atoms with Gasteiger partial charge in [-0.2, -0.15) is 5.10 Å². The predicted octanol–water partition coefficient (Wildman–Crippen LogP) is 3.69. The maximum absolute atomic E-state index is 6.23. The van der Waals surface area contributed by atoms with E-state index in [9.17, 15) is 0 Å². The third-order valence-electron chi connectivity index (χ3n) is 2.77. The SMILES string of the molecule is CNC(c1ccc(Cl)cc1Cl)c1c(Cl)cnn1C. The van der Waals surface area contributed by atoms with Crippen LogP contribution in [0.4, 0.5) is 0 Å². The lowest BCUT2D eigenvalue weighted by Crippen LogP contribution is -2.21. The Hall–Kier alpha value is -0.740. The molecule has 96 valence electrons. The Morgan fingerprint density at radius 2 is 1.94 bits per heavy atom. The van der Waals surface area contributed by atoms with Gasteiger partial charge in [0.05, 0.1) is 23.0 Å². The van der Waals surface area contributed by atoms with Crippen molar-refractivity contribution in [3.8, 4) is 0 Å². The molecule has 1 aromatic heterocycles. The zero-order valence-corrected chi connectivity index (χ0v) is 12.2. The predicted molar refractivity (Wildman–Crippen MR) is 75.6 cm³/mol. The average Bonchev–Trinajstić information content (AvgIpc) is 2.64. The van der Waals surface area contributed by atoms with Gasteiger partial charge in [-0.1, -0.05) is 40.9 Å². The number of rotatable bonds is 3. The second-order valence-corrected chi connectivity index (χ2v) is 5.14. The van der Waals surface area contributed by atoms with Crippen molar-refractivity contribution >= 4 is 34.8 Å². The molecule has 0 saturated carbocycles. The van der Waals surface area contributed by atoms with Crippen LogP contribution in [0.25, 0.3) is 0 Å². The van der Waals surface area contributed by atoms with E-state index in [-0.39, 0.29) is 6.04 Å². The Labute approximate surface area is 121 Å². The molecule has 0 saturated heterocycles. The van der Waals surface area contributed by atoms with Crippen molar-refractivity contribution < 1.29 is 0 Å². The van der Waals surface area contributed by atoms with Gasteiger partial charge in [0, 0.05) is 17.1 Å². The Bertz CT molecular complexity index is 546. The summed E-state index contributed by atoms with van der Waals surface area (Å²) in [7, 11) is 3.69. The van der Waals surface area contributed by atoms with Crippen LogP contribution in [0.2, 0.25) is 15.1 Å². The summed E-state index contributed by atoms with van der Waals surface area (Å²) < 4.78 is 1.73. The molecule has 2 rings (SSSR count). The molecule has 0 aliphatic carbocycles. The number of nitrogens with zero attached hydrogens (tertiary/aromatic N) is 2. The smallest absolute Gasteiger partial charge is 0.0837 e. The molecule has 0 spiro atoms. The molecular weight excluding hydrogens is 293 g/mol. The van der Waals surface area contributed by atoms with E-state index in [4.69, 9.17) is 34.8 Å². The van der Waals surface area contributed by atoms with E-state index in [0.717, 1.165) is 11.3 Å². The van der Waals surface area contributed by atoms with Crippen LogP contribution in [0.1, 0.15) is 17.3 Å². The second kappa shape index (κ2) is 5.49. The zero-order chi connectivity index (χ0) is 13.3. The van der Waals surface area contributed by atoms with Gasteiger partial charge in [0.1, 0.15) is 0 Å². The lowest BCUT2D eigenvalue weighted by Gasteiger charge is -2.19. The third-order valence-corrected chi connectivity index (χ3v) is 3.63. The molecule has 1 unspecified atom stereocenters. The van der Waals surface area contributed by atoms with Crippen molar-refractivity contribution in [1.29, 1.82) is 0 Å². The van der Waals surface area contributed by atoms with Gasteiger partial charge in [0.25, 0.3) is 0 Å². The largest absolute Gasteiger partial charge is 0.308 e. The molecule has 2 aromatic rings. The van der Waals surface area contributed by atoms with E-state index in [2.05, 4.69) is 10.4 Å². The van der Waals surface area contributed by atoms with Gasteiger partial charge in [-0.15, -0.1) is 0 Å². The summed E-state index contributed by atoms with van der Waals surface area (Å²) in [5.74, 6) is 0. The molecule has 0 fully saturated rings. The fourth-order valence-corrected chi connectivity index (χ4v) is 2.71. The Balaban J connectivity index is 2.52. The van der Waals surface area contributed by atoms with Crippen LogP contribution < -0.4 is 5.32 Å². The van der Waals surface area contributed by atoms with Crippen molar-refractivity contribution in [3.63, 3.8) is 0 Å². The summed E-state index contributed by atoms with van der Waals surface area (Å²) in [5.41, 5.74) is 1.78. The Kier molecular flexibility index (Phi) is 4.17. The van der Waals surface area contributed by atoms with Crippen LogP contribution in [0.15, 0.2) is 24.4 Å². The summed E-state index contributed by atoms with van der Waals surface area (Å²) in [5, 5.41) is 9.13. The topological polar surface area (TPSA) is 29.9 Å². The highest BCUT2D eigenvalue weighted by molar-refractivity contribution is 6.35. The van der Waals surface area contributed by atoms with Gasteiger partial charge in [-0.25, -0.2) is 0 Å². The lowest BCUT2D eigenvalue weighted by molar-refractivity contribution is 0.606. The quantitative estimate of drug-likeness (QED) is 0.937.